The molecule has 0 N–H and O–H groups in total. The molecule has 94 valence electrons. The third-order valence-corrected chi connectivity index (χ3v) is 1.79. The summed E-state index contributed by atoms with van der Waals surface area (Å²) in [6.07, 6.45) is 1.28. The minimum atomic E-state index is -0.530. The molecule has 1 aromatic heterocycles. The molecular formula is C10H15N3O4. The third kappa shape index (κ3) is 5.21. The summed E-state index contributed by atoms with van der Waals surface area (Å²) in [7, 11) is 1.74. The monoisotopic (exact) mass is 241 g/mol. The summed E-state index contributed by atoms with van der Waals surface area (Å²) in [5, 5.41) is 3.98. The highest BCUT2D eigenvalue weighted by Crippen LogP contribution is 1.94. The zero-order valence-corrected chi connectivity index (χ0v) is 9.88. The molecule has 0 aromatic carbocycles. The van der Waals surface area contributed by atoms with E-state index in [1.54, 1.807) is 25.0 Å². The lowest BCUT2D eigenvalue weighted by atomic mass is 10.3. The molecule has 7 heteroatoms. The van der Waals surface area contributed by atoms with Crippen molar-refractivity contribution in [3.63, 3.8) is 0 Å². The predicted octanol–water partition coefficient (Wildman–Crippen LogP) is -0.146. The lowest BCUT2D eigenvalue weighted by Gasteiger charge is -2.01. The predicted molar refractivity (Wildman–Crippen MR) is 56.9 cm³/mol. The maximum absolute atomic E-state index is 11.3. The van der Waals surface area contributed by atoms with Crippen LogP contribution >= 0.6 is 0 Å². The van der Waals surface area contributed by atoms with E-state index in [0.29, 0.717) is 5.82 Å². The average molecular weight is 241 g/mol. The fourth-order valence-corrected chi connectivity index (χ4v) is 1.13. The fourth-order valence-electron chi connectivity index (χ4n) is 1.13. The van der Waals surface area contributed by atoms with Gasteiger partial charge in [-0.15, -0.1) is 0 Å². The van der Waals surface area contributed by atoms with Crippen LogP contribution in [-0.2, 0) is 32.7 Å². The molecule has 1 aromatic rings. The first-order valence-corrected chi connectivity index (χ1v) is 5.21. The van der Waals surface area contributed by atoms with Crippen molar-refractivity contribution >= 4 is 11.8 Å². The number of hydrogen-bond acceptors (Lipinski definition) is 6. The van der Waals surface area contributed by atoms with Crippen LogP contribution in [0.3, 0.4) is 0 Å². The Balaban J connectivity index is 2.18. The van der Waals surface area contributed by atoms with Gasteiger partial charge in [-0.3, -0.25) is 14.3 Å². The highest BCUT2D eigenvalue weighted by atomic mass is 16.5. The van der Waals surface area contributed by atoms with Gasteiger partial charge >= 0.3 is 5.97 Å². The Morgan fingerprint density at radius 1 is 1.47 bits per heavy atom. The fraction of sp³-hybridized carbons (Fsp3) is 0.600. The first kappa shape index (κ1) is 13.3. The molecule has 0 radical (unpaired) electrons. The van der Waals surface area contributed by atoms with Crippen molar-refractivity contribution in [1.82, 2.24) is 14.8 Å². The van der Waals surface area contributed by atoms with Crippen LogP contribution in [0.2, 0.25) is 0 Å². The number of ketones is 1. The quantitative estimate of drug-likeness (QED) is 0.488. The van der Waals surface area contributed by atoms with Crippen LogP contribution in [0.1, 0.15) is 19.2 Å². The number of carbonyl (C=O) groups is 2. The van der Waals surface area contributed by atoms with Gasteiger partial charge in [-0.2, -0.15) is 5.10 Å². The Hall–Kier alpha value is -1.76. The zero-order chi connectivity index (χ0) is 12.7. The molecule has 7 nitrogen and oxygen atoms in total. The van der Waals surface area contributed by atoms with Gasteiger partial charge in [0.1, 0.15) is 26.0 Å². The Labute approximate surface area is 98.7 Å². The topological polar surface area (TPSA) is 83.3 Å². The molecule has 0 aliphatic carbocycles. The van der Waals surface area contributed by atoms with Gasteiger partial charge in [-0.25, -0.2) is 4.98 Å². The zero-order valence-electron chi connectivity index (χ0n) is 9.88. The minimum absolute atomic E-state index is 0.142. The second kappa shape index (κ2) is 6.74. The van der Waals surface area contributed by atoms with Crippen LogP contribution in [0, 0.1) is 0 Å². The average Bonchev–Trinajstić information content (AvgIpc) is 2.64. The standard InChI is InChI=1S/C10H15N3O4/c1-3-17-10(15)4-8(14)5-16-6-9-11-7-13(2)12-9/h7H,3-6H2,1-2H3. The number of carbonyl (C=O) groups excluding carboxylic acids is 2. The number of hydrogen-bond donors (Lipinski definition) is 0. The van der Waals surface area contributed by atoms with Gasteiger partial charge in [-0.1, -0.05) is 0 Å². The number of rotatable bonds is 7. The van der Waals surface area contributed by atoms with E-state index >= 15 is 0 Å². The first-order chi connectivity index (χ1) is 8.11. The van der Waals surface area contributed by atoms with Gasteiger partial charge in [0.2, 0.25) is 0 Å². The van der Waals surface area contributed by atoms with E-state index in [1.807, 2.05) is 0 Å². The van der Waals surface area contributed by atoms with Crippen molar-refractivity contribution in [2.45, 2.75) is 20.0 Å². The van der Waals surface area contributed by atoms with Gasteiger partial charge in [0, 0.05) is 7.05 Å². The molecule has 0 bridgehead atoms. The van der Waals surface area contributed by atoms with Crippen LogP contribution < -0.4 is 0 Å². The van der Waals surface area contributed by atoms with Gasteiger partial charge < -0.3 is 9.47 Å². The molecule has 1 heterocycles. The number of aryl methyl sites for hydroxylation is 1. The molecule has 0 spiro atoms. The maximum atomic E-state index is 11.3. The molecule has 1 rings (SSSR count). The molecule has 0 saturated heterocycles. The number of Topliss-reactive ketones (excluding diaryl/α,β-unsaturated/α-hetero) is 1. The van der Waals surface area contributed by atoms with E-state index < -0.39 is 5.97 Å². The smallest absolute Gasteiger partial charge is 0.313 e. The summed E-state index contributed by atoms with van der Waals surface area (Å²) in [5.74, 6) is -0.354. The van der Waals surface area contributed by atoms with Crippen molar-refractivity contribution < 1.29 is 19.1 Å². The van der Waals surface area contributed by atoms with E-state index in [1.165, 1.54) is 0 Å². The Morgan fingerprint density at radius 3 is 2.82 bits per heavy atom. The molecule has 0 aliphatic heterocycles. The number of aromatic nitrogens is 3. The van der Waals surface area contributed by atoms with Crippen molar-refractivity contribution in [2.24, 2.45) is 7.05 Å². The summed E-state index contributed by atoms with van der Waals surface area (Å²) in [6, 6.07) is 0. The molecule has 0 fully saturated rings. The van der Waals surface area contributed by atoms with E-state index in [9.17, 15) is 9.59 Å². The normalized spacial score (nSPS) is 10.2. The van der Waals surface area contributed by atoms with Crippen LogP contribution in [-0.4, -0.2) is 39.7 Å². The van der Waals surface area contributed by atoms with Crippen LogP contribution in [0.5, 0.6) is 0 Å². The van der Waals surface area contributed by atoms with Gasteiger partial charge in [0.05, 0.1) is 6.61 Å². The minimum Gasteiger partial charge on any atom is -0.466 e. The summed E-state index contributed by atoms with van der Waals surface area (Å²) in [6.45, 7) is 1.96. The van der Waals surface area contributed by atoms with Crippen molar-refractivity contribution in [3.05, 3.63) is 12.2 Å². The molecule has 0 amide bonds. The summed E-state index contributed by atoms with van der Waals surface area (Å²) >= 11 is 0. The van der Waals surface area contributed by atoms with E-state index in [0.717, 1.165) is 0 Å². The second-order valence-corrected chi connectivity index (χ2v) is 3.35. The van der Waals surface area contributed by atoms with Gasteiger partial charge in [0.25, 0.3) is 0 Å². The highest BCUT2D eigenvalue weighted by Gasteiger charge is 2.10. The molecule has 0 unspecified atom stereocenters. The van der Waals surface area contributed by atoms with E-state index in [-0.39, 0.29) is 32.0 Å². The lowest BCUT2D eigenvalue weighted by Crippen LogP contribution is -2.16. The van der Waals surface area contributed by atoms with E-state index in [4.69, 9.17) is 4.74 Å². The van der Waals surface area contributed by atoms with Crippen LogP contribution in [0.4, 0.5) is 0 Å². The third-order valence-electron chi connectivity index (χ3n) is 1.79. The SMILES string of the molecule is CCOC(=O)CC(=O)COCc1ncn(C)n1. The van der Waals surface area contributed by atoms with Crippen molar-refractivity contribution in [3.8, 4) is 0 Å². The molecular weight excluding hydrogens is 226 g/mol. The summed E-state index contributed by atoms with van der Waals surface area (Å²) < 4.78 is 11.3. The first-order valence-electron chi connectivity index (χ1n) is 5.21. The van der Waals surface area contributed by atoms with Crippen molar-refractivity contribution in [2.75, 3.05) is 13.2 Å². The van der Waals surface area contributed by atoms with Gasteiger partial charge in [0.15, 0.2) is 11.6 Å². The number of ether oxygens (including phenoxy) is 2. The summed E-state index contributed by atoms with van der Waals surface area (Å²) in [5.41, 5.74) is 0. The molecule has 0 saturated carbocycles. The van der Waals surface area contributed by atoms with Crippen LogP contribution in [0.25, 0.3) is 0 Å². The lowest BCUT2D eigenvalue weighted by molar-refractivity contribution is -0.146. The summed E-state index contributed by atoms with van der Waals surface area (Å²) in [4.78, 5) is 26.1. The molecule has 0 atom stereocenters. The molecule has 0 aliphatic rings. The number of esters is 1. The Bertz CT molecular complexity index is 389. The second-order valence-electron chi connectivity index (χ2n) is 3.35. The van der Waals surface area contributed by atoms with Crippen LogP contribution in [0.15, 0.2) is 6.33 Å². The molecule has 17 heavy (non-hydrogen) atoms. The Morgan fingerprint density at radius 2 is 2.24 bits per heavy atom. The highest BCUT2D eigenvalue weighted by molar-refractivity contribution is 5.96. The van der Waals surface area contributed by atoms with Gasteiger partial charge in [-0.05, 0) is 6.92 Å². The number of nitrogens with zero attached hydrogens (tertiary/aromatic N) is 3. The van der Waals surface area contributed by atoms with Crippen molar-refractivity contribution in [1.29, 1.82) is 0 Å². The maximum Gasteiger partial charge on any atom is 0.313 e. The van der Waals surface area contributed by atoms with E-state index in [2.05, 4.69) is 14.8 Å². The Kier molecular flexibility index (Phi) is 5.28. The largest absolute Gasteiger partial charge is 0.466 e.